The third-order valence-corrected chi connectivity index (χ3v) is 6.02. The molecule has 1 aromatic carbocycles. The fourth-order valence-electron chi connectivity index (χ4n) is 3.40. The van der Waals surface area contributed by atoms with Gasteiger partial charge in [-0.2, -0.15) is 4.39 Å². The van der Waals surface area contributed by atoms with E-state index in [2.05, 4.69) is 11.1 Å². The van der Waals surface area contributed by atoms with Gasteiger partial charge in [0.15, 0.2) is 4.77 Å². The summed E-state index contributed by atoms with van der Waals surface area (Å²) < 4.78 is 38.4. The van der Waals surface area contributed by atoms with E-state index < -0.39 is 26.2 Å². The Morgan fingerprint density at radius 1 is 1.39 bits per heavy atom. The topological polar surface area (TPSA) is 74.7 Å². The van der Waals surface area contributed by atoms with Gasteiger partial charge >= 0.3 is 8.60 Å². The zero-order valence-corrected chi connectivity index (χ0v) is 17.1. The summed E-state index contributed by atoms with van der Waals surface area (Å²) in [6.07, 6.45) is 1.78. The van der Waals surface area contributed by atoms with Gasteiger partial charge in [-0.25, -0.2) is 0 Å². The highest BCUT2D eigenvalue weighted by atomic mass is 32.1. The Bertz CT molecular complexity index is 1010. The summed E-state index contributed by atoms with van der Waals surface area (Å²) in [7, 11) is -1.50. The first-order valence-corrected chi connectivity index (χ1v) is 10.4. The summed E-state index contributed by atoms with van der Waals surface area (Å²) >= 11 is 5.09. The van der Waals surface area contributed by atoms with Crippen LogP contribution in [0.3, 0.4) is 0 Å². The lowest BCUT2D eigenvalue weighted by Crippen LogP contribution is -2.21. The summed E-state index contributed by atoms with van der Waals surface area (Å²) in [6.45, 7) is 4.78. The molecule has 7 nitrogen and oxygen atoms in total. The maximum Gasteiger partial charge on any atom is 0.397 e. The first-order chi connectivity index (χ1) is 13.4. The molecule has 1 N–H and O–H groups in total. The summed E-state index contributed by atoms with van der Waals surface area (Å²) in [6, 6.07) is 4.11. The second kappa shape index (κ2) is 8.00. The van der Waals surface area contributed by atoms with Crippen LogP contribution in [-0.2, 0) is 20.4 Å². The number of hydrogen-bond acceptors (Lipinski definition) is 6. The molecule has 0 aliphatic carbocycles. The lowest BCUT2D eigenvalue weighted by atomic mass is 10.1. The molecule has 2 aliphatic rings. The fraction of sp³-hybridized carbons (Fsp3) is 0.444. The molecule has 3 atom stereocenters. The van der Waals surface area contributed by atoms with Crippen molar-refractivity contribution in [2.75, 3.05) is 6.61 Å². The molecule has 1 saturated heterocycles. The van der Waals surface area contributed by atoms with E-state index >= 15 is 0 Å². The first kappa shape index (κ1) is 19.7. The van der Waals surface area contributed by atoms with Gasteiger partial charge < -0.3 is 9.26 Å². The number of nitrogens with one attached hydrogen (secondary N) is 1. The van der Waals surface area contributed by atoms with Gasteiger partial charge in [-0.05, 0) is 44.5 Å². The number of nitrogens with zero attached hydrogens (tertiary/aromatic N) is 1. The van der Waals surface area contributed by atoms with E-state index in [0.29, 0.717) is 26.1 Å². The Balaban J connectivity index is 1.35. The minimum absolute atomic E-state index is 0.128. The summed E-state index contributed by atoms with van der Waals surface area (Å²) in [5.74, 6) is -0.0724. The number of aryl methyl sites for hydroxylation is 2. The number of hydrogen-bond donors (Lipinski definition) is 1. The molecule has 1 aromatic heterocycles. The average Bonchev–Trinajstić information content (AvgIpc) is 3.12. The molecule has 3 heterocycles. The SMILES string of the molecule is Cc1cc(C)c2c(c1)COP(OCC1CCC(n3cc(F)c(=O)[nH]c3=S)O1)O2. The number of H-pyrrole nitrogens is 1. The molecule has 0 radical (unpaired) electrons. The number of ether oxygens (including phenoxy) is 1. The maximum absolute atomic E-state index is 13.6. The molecule has 2 aromatic rings. The second-order valence-corrected chi connectivity index (χ2v) is 8.42. The van der Waals surface area contributed by atoms with Crippen LogP contribution in [0.15, 0.2) is 23.1 Å². The Morgan fingerprint density at radius 2 is 2.21 bits per heavy atom. The van der Waals surface area contributed by atoms with Gasteiger partial charge in [-0.15, -0.1) is 0 Å². The van der Waals surface area contributed by atoms with E-state index in [4.69, 9.17) is 30.5 Å². The molecule has 0 spiro atoms. The van der Waals surface area contributed by atoms with E-state index in [0.717, 1.165) is 23.1 Å². The normalized spacial score (nSPS) is 24.0. The van der Waals surface area contributed by atoms with Crippen LogP contribution in [0.2, 0.25) is 0 Å². The maximum atomic E-state index is 13.6. The Labute approximate surface area is 167 Å². The number of aromatic amines is 1. The number of rotatable bonds is 4. The highest BCUT2D eigenvalue weighted by Crippen LogP contribution is 2.49. The predicted octanol–water partition coefficient (Wildman–Crippen LogP) is 4.19. The van der Waals surface area contributed by atoms with E-state index in [1.54, 1.807) is 0 Å². The largest absolute Gasteiger partial charge is 0.426 e. The fourth-order valence-corrected chi connectivity index (χ4v) is 4.79. The Hall–Kier alpha value is -1.64. The third kappa shape index (κ3) is 4.04. The highest BCUT2D eigenvalue weighted by Gasteiger charge is 2.31. The van der Waals surface area contributed by atoms with Gasteiger partial charge in [0.1, 0.15) is 12.0 Å². The number of fused-ring (bicyclic) bond motifs is 1. The number of benzene rings is 1. The van der Waals surface area contributed by atoms with Gasteiger partial charge in [0.25, 0.3) is 5.56 Å². The molecular weight excluding hydrogens is 406 g/mol. The lowest BCUT2D eigenvalue weighted by molar-refractivity contribution is -0.0224. The highest BCUT2D eigenvalue weighted by molar-refractivity contribution is 7.71. The van der Waals surface area contributed by atoms with Crippen LogP contribution in [0.4, 0.5) is 4.39 Å². The summed E-state index contributed by atoms with van der Waals surface area (Å²) in [5, 5.41) is 0. The van der Waals surface area contributed by atoms with Crippen LogP contribution in [0.5, 0.6) is 5.75 Å². The average molecular weight is 426 g/mol. The van der Waals surface area contributed by atoms with Crippen molar-refractivity contribution in [1.82, 2.24) is 9.55 Å². The van der Waals surface area contributed by atoms with Gasteiger partial charge in [0.05, 0.1) is 25.5 Å². The minimum Gasteiger partial charge on any atom is -0.426 e. The summed E-state index contributed by atoms with van der Waals surface area (Å²) in [4.78, 5) is 13.6. The van der Waals surface area contributed by atoms with E-state index in [1.165, 1.54) is 10.1 Å². The molecule has 28 heavy (non-hydrogen) atoms. The van der Waals surface area contributed by atoms with E-state index in [-0.39, 0.29) is 10.9 Å². The van der Waals surface area contributed by atoms with Crippen molar-refractivity contribution in [1.29, 1.82) is 0 Å². The molecule has 0 amide bonds. The number of aromatic nitrogens is 2. The molecule has 4 rings (SSSR count). The van der Waals surface area contributed by atoms with Crippen molar-refractivity contribution in [3.63, 3.8) is 0 Å². The van der Waals surface area contributed by atoms with Crippen molar-refractivity contribution in [2.24, 2.45) is 0 Å². The van der Waals surface area contributed by atoms with Crippen molar-refractivity contribution >= 4 is 20.8 Å². The zero-order valence-electron chi connectivity index (χ0n) is 15.4. The molecule has 0 saturated carbocycles. The molecule has 1 fully saturated rings. The smallest absolute Gasteiger partial charge is 0.397 e. The first-order valence-electron chi connectivity index (χ1n) is 8.91. The van der Waals surface area contributed by atoms with Gasteiger partial charge in [-0.3, -0.25) is 23.4 Å². The third-order valence-electron chi connectivity index (χ3n) is 4.67. The molecule has 3 unspecified atom stereocenters. The quantitative estimate of drug-likeness (QED) is 0.584. The standard InChI is InChI=1S/C18H20FN2O5PS/c1-10-5-11(2)16-12(6-10)8-23-27(26-16)24-9-13-3-4-15(25-13)21-7-14(19)17(22)20-18(21)28/h5-7,13,15H,3-4,8-9H2,1-2H3,(H,20,22,28). The Kier molecular flexibility index (Phi) is 5.62. The molecule has 2 aliphatic heterocycles. The number of halogens is 1. The second-order valence-electron chi connectivity index (χ2n) is 6.89. The molecule has 0 bridgehead atoms. The molecule has 150 valence electrons. The van der Waals surface area contributed by atoms with Gasteiger partial charge in [0, 0.05) is 5.56 Å². The van der Waals surface area contributed by atoms with Crippen LogP contribution in [-0.4, -0.2) is 22.3 Å². The van der Waals surface area contributed by atoms with E-state index in [1.807, 2.05) is 19.9 Å². The zero-order chi connectivity index (χ0) is 19.8. The van der Waals surface area contributed by atoms with Crippen molar-refractivity contribution < 1.29 is 22.7 Å². The van der Waals surface area contributed by atoms with Crippen molar-refractivity contribution in [3.8, 4) is 5.75 Å². The van der Waals surface area contributed by atoms with Crippen LogP contribution in [0.25, 0.3) is 0 Å². The molecule has 10 heteroatoms. The minimum atomic E-state index is -1.50. The summed E-state index contributed by atoms with van der Waals surface area (Å²) in [5.41, 5.74) is 2.41. The monoisotopic (exact) mass is 426 g/mol. The van der Waals surface area contributed by atoms with Crippen LogP contribution in [0.1, 0.15) is 35.8 Å². The van der Waals surface area contributed by atoms with Gasteiger partial charge in [-0.1, -0.05) is 17.7 Å². The van der Waals surface area contributed by atoms with Crippen LogP contribution < -0.4 is 10.1 Å². The van der Waals surface area contributed by atoms with Crippen LogP contribution in [0, 0.1) is 24.4 Å². The van der Waals surface area contributed by atoms with Crippen molar-refractivity contribution in [3.05, 3.63) is 56.0 Å². The van der Waals surface area contributed by atoms with E-state index in [9.17, 15) is 9.18 Å². The Morgan fingerprint density at radius 3 is 3.04 bits per heavy atom. The lowest BCUT2D eigenvalue weighted by Gasteiger charge is -2.26. The van der Waals surface area contributed by atoms with Crippen LogP contribution >= 0.6 is 20.8 Å². The van der Waals surface area contributed by atoms with Crippen molar-refractivity contribution in [2.45, 2.75) is 45.6 Å². The van der Waals surface area contributed by atoms with Gasteiger partial charge in [0.2, 0.25) is 5.82 Å². The molecular formula is C18H20FN2O5PS. The predicted molar refractivity (Wildman–Crippen MR) is 103 cm³/mol.